The van der Waals surface area contributed by atoms with E-state index in [-0.39, 0.29) is 11.6 Å². The van der Waals surface area contributed by atoms with Crippen molar-refractivity contribution in [3.63, 3.8) is 0 Å². The van der Waals surface area contributed by atoms with Crippen molar-refractivity contribution in [1.29, 1.82) is 5.26 Å². The molecule has 2 rings (SSSR count). The van der Waals surface area contributed by atoms with Crippen LogP contribution in [0.25, 0.3) is 0 Å². The van der Waals surface area contributed by atoms with E-state index in [0.29, 0.717) is 10.0 Å². The van der Waals surface area contributed by atoms with Gasteiger partial charge in [-0.25, -0.2) is 9.37 Å². The van der Waals surface area contributed by atoms with Crippen LogP contribution < -0.4 is 4.74 Å². The molecule has 1 heterocycles. The molecule has 18 heavy (non-hydrogen) atoms. The number of pyridine rings is 1. The SMILES string of the molecule is Cc1ccnc(Oc2cc(F)ccc2Br)c1C#N. The van der Waals surface area contributed by atoms with Crippen LogP contribution in [0.3, 0.4) is 0 Å². The molecule has 1 aromatic carbocycles. The predicted octanol–water partition coefficient (Wildman–Crippen LogP) is 3.96. The minimum absolute atomic E-state index is 0.170. The smallest absolute Gasteiger partial charge is 0.237 e. The van der Waals surface area contributed by atoms with Gasteiger partial charge in [-0.1, -0.05) is 0 Å². The molecule has 0 fully saturated rings. The van der Waals surface area contributed by atoms with Gasteiger partial charge in [0.1, 0.15) is 23.2 Å². The number of aryl methyl sites for hydroxylation is 1. The van der Waals surface area contributed by atoms with Gasteiger partial charge in [0.2, 0.25) is 5.88 Å². The second-order valence-corrected chi connectivity index (χ2v) is 4.45. The van der Waals surface area contributed by atoms with Crippen molar-refractivity contribution >= 4 is 15.9 Å². The molecule has 90 valence electrons. The number of nitrogens with zero attached hydrogens (tertiary/aromatic N) is 2. The Morgan fingerprint density at radius 3 is 2.89 bits per heavy atom. The van der Waals surface area contributed by atoms with Crippen molar-refractivity contribution in [2.45, 2.75) is 6.92 Å². The molecular weight excluding hydrogens is 299 g/mol. The predicted molar refractivity (Wildman–Crippen MR) is 67.9 cm³/mol. The molecule has 0 bridgehead atoms. The zero-order valence-corrected chi connectivity index (χ0v) is 11.0. The fourth-order valence-corrected chi connectivity index (χ4v) is 1.73. The number of nitriles is 1. The van der Waals surface area contributed by atoms with Crippen molar-refractivity contribution < 1.29 is 9.13 Å². The van der Waals surface area contributed by atoms with Crippen LogP contribution in [0, 0.1) is 24.1 Å². The van der Waals surface area contributed by atoms with Gasteiger partial charge in [0.25, 0.3) is 0 Å². The summed E-state index contributed by atoms with van der Waals surface area (Å²) in [6.45, 7) is 1.79. The minimum atomic E-state index is -0.417. The molecule has 0 aliphatic rings. The van der Waals surface area contributed by atoms with E-state index >= 15 is 0 Å². The van der Waals surface area contributed by atoms with Gasteiger partial charge in [-0.15, -0.1) is 0 Å². The average Bonchev–Trinajstić information content (AvgIpc) is 2.34. The lowest BCUT2D eigenvalue weighted by Gasteiger charge is -2.09. The minimum Gasteiger partial charge on any atom is -0.436 e. The van der Waals surface area contributed by atoms with E-state index in [2.05, 4.69) is 20.9 Å². The summed E-state index contributed by atoms with van der Waals surface area (Å²) >= 11 is 3.25. The van der Waals surface area contributed by atoms with Crippen LogP contribution in [0.15, 0.2) is 34.9 Å². The highest BCUT2D eigenvalue weighted by atomic mass is 79.9. The lowest BCUT2D eigenvalue weighted by Crippen LogP contribution is -1.95. The largest absolute Gasteiger partial charge is 0.436 e. The van der Waals surface area contributed by atoms with Gasteiger partial charge in [0, 0.05) is 12.3 Å². The summed E-state index contributed by atoms with van der Waals surface area (Å²) in [5.41, 5.74) is 1.10. The van der Waals surface area contributed by atoms with Crippen molar-refractivity contribution in [3.05, 3.63) is 51.9 Å². The van der Waals surface area contributed by atoms with Gasteiger partial charge in [0.15, 0.2) is 0 Å². The Labute approximate surface area is 112 Å². The van der Waals surface area contributed by atoms with E-state index in [0.717, 1.165) is 5.56 Å². The first-order chi connectivity index (χ1) is 8.61. The van der Waals surface area contributed by atoms with Gasteiger partial charge in [0.05, 0.1) is 4.47 Å². The Balaban J connectivity index is 2.44. The van der Waals surface area contributed by atoms with Crippen molar-refractivity contribution in [2.75, 3.05) is 0 Å². The normalized spacial score (nSPS) is 9.89. The Hall–Kier alpha value is -1.93. The van der Waals surface area contributed by atoms with Crippen molar-refractivity contribution in [1.82, 2.24) is 4.98 Å². The maximum absolute atomic E-state index is 13.1. The maximum atomic E-state index is 13.1. The lowest BCUT2D eigenvalue weighted by molar-refractivity contribution is 0.453. The van der Waals surface area contributed by atoms with Gasteiger partial charge < -0.3 is 4.74 Å². The summed E-state index contributed by atoms with van der Waals surface area (Å²) in [5.74, 6) is 0.0350. The van der Waals surface area contributed by atoms with E-state index in [1.807, 2.05) is 6.07 Å². The molecule has 0 N–H and O–H groups in total. The fourth-order valence-electron chi connectivity index (χ4n) is 1.41. The summed E-state index contributed by atoms with van der Waals surface area (Å²) in [5, 5.41) is 9.05. The Morgan fingerprint density at radius 1 is 1.39 bits per heavy atom. The quantitative estimate of drug-likeness (QED) is 0.843. The van der Waals surface area contributed by atoms with E-state index < -0.39 is 5.82 Å². The fraction of sp³-hybridized carbons (Fsp3) is 0.0769. The van der Waals surface area contributed by atoms with E-state index in [9.17, 15) is 4.39 Å². The van der Waals surface area contributed by atoms with Gasteiger partial charge in [-0.05, 0) is 46.6 Å². The zero-order valence-electron chi connectivity index (χ0n) is 9.45. The summed E-state index contributed by atoms with van der Waals surface area (Å²) in [6.07, 6.45) is 1.54. The standard InChI is InChI=1S/C13H8BrFN2O/c1-8-4-5-17-13(10(8)7-16)18-12-6-9(15)2-3-11(12)14/h2-6H,1H3. The third kappa shape index (κ3) is 2.49. The summed E-state index contributed by atoms with van der Waals surface area (Å²) in [4.78, 5) is 3.99. The lowest BCUT2D eigenvalue weighted by atomic mass is 10.2. The Kier molecular flexibility index (Phi) is 3.58. The van der Waals surface area contributed by atoms with Gasteiger partial charge >= 0.3 is 0 Å². The maximum Gasteiger partial charge on any atom is 0.237 e. The molecule has 0 aliphatic carbocycles. The number of ether oxygens (including phenoxy) is 1. The average molecular weight is 307 g/mol. The highest BCUT2D eigenvalue weighted by Gasteiger charge is 2.11. The highest BCUT2D eigenvalue weighted by molar-refractivity contribution is 9.10. The summed E-state index contributed by atoms with van der Waals surface area (Å²) in [7, 11) is 0. The van der Waals surface area contributed by atoms with Crippen LogP contribution in [-0.4, -0.2) is 4.98 Å². The van der Waals surface area contributed by atoms with Crippen molar-refractivity contribution in [2.24, 2.45) is 0 Å². The number of hydrogen-bond acceptors (Lipinski definition) is 3. The molecule has 0 unspecified atom stereocenters. The molecular formula is C13H8BrFN2O. The van der Waals surface area contributed by atoms with E-state index in [1.54, 1.807) is 19.2 Å². The first-order valence-corrected chi connectivity index (χ1v) is 5.89. The molecule has 0 spiro atoms. The van der Waals surface area contributed by atoms with Crippen LogP contribution >= 0.6 is 15.9 Å². The molecule has 3 nitrogen and oxygen atoms in total. The monoisotopic (exact) mass is 306 g/mol. The number of rotatable bonds is 2. The third-order valence-corrected chi connectivity index (χ3v) is 2.99. The van der Waals surface area contributed by atoms with Crippen LogP contribution in [0.2, 0.25) is 0 Å². The molecule has 0 saturated carbocycles. The molecule has 1 aromatic heterocycles. The number of benzene rings is 1. The molecule has 0 aliphatic heterocycles. The molecule has 5 heteroatoms. The molecule has 0 radical (unpaired) electrons. The number of aromatic nitrogens is 1. The second-order valence-electron chi connectivity index (χ2n) is 3.60. The topological polar surface area (TPSA) is 45.9 Å². The first kappa shape index (κ1) is 12.5. The van der Waals surface area contributed by atoms with Gasteiger partial charge in [-0.2, -0.15) is 5.26 Å². The first-order valence-electron chi connectivity index (χ1n) is 5.10. The van der Waals surface area contributed by atoms with Crippen LogP contribution in [0.4, 0.5) is 4.39 Å². The second kappa shape index (κ2) is 5.15. The summed E-state index contributed by atoms with van der Waals surface area (Å²) in [6, 6.07) is 7.81. The number of hydrogen-bond donors (Lipinski definition) is 0. The van der Waals surface area contributed by atoms with Crippen LogP contribution in [-0.2, 0) is 0 Å². The molecule has 2 aromatic rings. The van der Waals surface area contributed by atoms with Crippen molar-refractivity contribution in [3.8, 4) is 17.7 Å². The highest BCUT2D eigenvalue weighted by Crippen LogP contribution is 2.31. The number of halogens is 2. The Bertz CT molecular complexity index is 637. The van der Waals surface area contributed by atoms with E-state index in [1.165, 1.54) is 18.2 Å². The zero-order chi connectivity index (χ0) is 13.1. The van der Waals surface area contributed by atoms with Gasteiger partial charge in [-0.3, -0.25) is 0 Å². The third-order valence-electron chi connectivity index (χ3n) is 2.34. The van der Waals surface area contributed by atoms with Crippen LogP contribution in [0.5, 0.6) is 11.6 Å². The van der Waals surface area contributed by atoms with Crippen LogP contribution in [0.1, 0.15) is 11.1 Å². The van der Waals surface area contributed by atoms with E-state index in [4.69, 9.17) is 10.00 Å². The molecule has 0 saturated heterocycles. The molecule has 0 atom stereocenters. The Morgan fingerprint density at radius 2 is 2.17 bits per heavy atom. The molecule has 0 amide bonds. The summed E-state index contributed by atoms with van der Waals surface area (Å²) < 4.78 is 19.2.